The summed E-state index contributed by atoms with van der Waals surface area (Å²) in [7, 11) is 1.80. The molecule has 0 bridgehead atoms. The van der Waals surface area contributed by atoms with Crippen LogP contribution in [0, 0.1) is 5.92 Å². The minimum atomic E-state index is -0.150. The zero-order valence-corrected chi connectivity index (χ0v) is 18.5. The van der Waals surface area contributed by atoms with Crippen LogP contribution in [-0.4, -0.2) is 51.5 Å². The van der Waals surface area contributed by atoms with Gasteiger partial charge in [-0.05, 0) is 19.3 Å². The molecule has 0 aromatic rings. The van der Waals surface area contributed by atoms with E-state index in [9.17, 15) is 0 Å². The first-order valence-corrected chi connectivity index (χ1v) is 9.93. The Hall–Kier alpha value is -0.0800. The van der Waals surface area contributed by atoms with Gasteiger partial charge >= 0.3 is 0 Å². The summed E-state index contributed by atoms with van der Waals surface area (Å²) in [5, 5.41) is 6.83. The number of guanidine groups is 1. The van der Waals surface area contributed by atoms with Crippen molar-refractivity contribution in [3.63, 3.8) is 0 Å². The standard InChI is InChI=1S/C19H37N3O2.HI/c1-3-20-18(21-13-7-6-10-17-8-4-5-9-17)22-16-19(23-2)11-14-24-15-12-19;/h17H,3-16H2,1-2H3,(H2,20,21,22);1H. The lowest BCUT2D eigenvalue weighted by Crippen LogP contribution is -2.44. The predicted molar refractivity (Wildman–Crippen MR) is 115 cm³/mol. The van der Waals surface area contributed by atoms with Crippen LogP contribution in [0.5, 0.6) is 0 Å². The van der Waals surface area contributed by atoms with Gasteiger partial charge in [0.2, 0.25) is 0 Å². The lowest BCUT2D eigenvalue weighted by Gasteiger charge is -2.34. The monoisotopic (exact) mass is 467 g/mol. The third-order valence-corrected chi connectivity index (χ3v) is 5.51. The molecule has 0 unspecified atom stereocenters. The van der Waals surface area contributed by atoms with E-state index in [1.807, 2.05) is 0 Å². The summed E-state index contributed by atoms with van der Waals surface area (Å²) in [6.45, 7) is 6.24. The highest BCUT2D eigenvalue weighted by molar-refractivity contribution is 14.0. The van der Waals surface area contributed by atoms with E-state index < -0.39 is 0 Å². The molecule has 1 aliphatic carbocycles. The van der Waals surface area contributed by atoms with E-state index in [0.717, 1.165) is 51.0 Å². The number of unbranched alkanes of at least 4 members (excludes halogenated alkanes) is 1. The number of hydrogen-bond acceptors (Lipinski definition) is 3. The van der Waals surface area contributed by atoms with Gasteiger partial charge in [0.05, 0.1) is 12.1 Å². The molecule has 0 atom stereocenters. The molecule has 0 amide bonds. The van der Waals surface area contributed by atoms with Crippen LogP contribution in [0.2, 0.25) is 0 Å². The molecule has 2 rings (SSSR count). The van der Waals surface area contributed by atoms with Crippen LogP contribution >= 0.6 is 24.0 Å². The Labute approximate surface area is 171 Å². The fraction of sp³-hybridized carbons (Fsp3) is 0.947. The zero-order valence-electron chi connectivity index (χ0n) is 16.1. The Morgan fingerprint density at radius 2 is 1.88 bits per heavy atom. The smallest absolute Gasteiger partial charge is 0.191 e. The summed E-state index contributed by atoms with van der Waals surface area (Å²) in [4.78, 5) is 4.77. The van der Waals surface area contributed by atoms with Crippen LogP contribution in [0.1, 0.15) is 64.7 Å². The molecular weight excluding hydrogens is 429 g/mol. The van der Waals surface area contributed by atoms with E-state index in [4.69, 9.17) is 14.5 Å². The van der Waals surface area contributed by atoms with E-state index in [1.54, 1.807) is 7.11 Å². The van der Waals surface area contributed by atoms with Crippen LogP contribution in [0.3, 0.4) is 0 Å². The Bertz CT molecular complexity index is 368. The van der Waals surface area contributed by atoms with Gasteiger partial charge in [-0.1, -0.05) is 38.5 Å². The molecule has 1 heterocycles. The van der Waals surface area contributed by atoms with Crippen molar-refractivity contribution in [3.8, 4) is 0 Å². The molecule has 148 valence electrons. The lowest BCUT2D eigenvalue weighted by atomic mass is 9.94. The van der Waals surface area contributed by atoms with Gasteiger partial charge in [-0.15, -0.1) is 24.0 Å². The first-order valence-electron chi connectivity index (χ1n) is 9.93. The summed E-state index contributed by atoms with van der Waals surface area (Å²) in [6, 6.07) is 0. The van der Waals surface area contributed by atoms with Gasteiger partial charge in [0.15, 0.2) is 5.96 Å². The van der Waals surface area contributed by atoms with Crippen molar-refractivity contribution < 1.29 is 9.47 Å². The lowest BCUT2D eigenvalue weighted by molar-refractivity contribution is -0.0828. The van der Waals surface area contributed by atoms with E-state index >= 15 is 0 Å². The van der Waals surface area contributed by atoms with Crippen molar-refractivity contribution in [1.82, 2.24) is 10.6 Å². The first-order chi connectivity index (χ1) is 11.8. The minimum absolute atomic E-state index is 0. The van der Waals surface area contributed by atoms with Gasteiger partial charge in [-0.2, -0.15) is 0 Å². The van der Waals surface area contributed by atoms with E-state index in [2.05, 4.69) is 17.6 Å². The highest BCUT2D eigenvalue weighted by atomic mass is 127. The number of rotatable bonds is 9. The molecule has 0 aromatic carbocycles. The number of halogens is 1. The average Bonchev–Trinajstić information content (AvgIpc) is 3.13. The topological polar surface area (TPSA) is 54.9 Å². The van der Waals surface area contributed by atoms with Crippen LogP contribution in [-0.2, 0) is 9.47 Å². The summed E-state index contributed by atoms with van der Waals surface area (Å²) < 4.78 is 11.2. The van der Waals surface area contributed by atoms with E-state index in [0.29, 0.717) is 6.54 Å². The molecule has 2 fully saturated rings. The molecule has 0 radical (unpaired) electrons. The molecule has 1 saturated carbocycles. The highest BCUT2D eigenvalue weighted by Crippen LogP contribution is 2.28. The van der Waals surface area contributed by atoms with Crippen LogP contribution in [0.15, 0.2) is 4.99 Å². The molecule has 2 aliphatic rings. The van der Waals surface area contributed by atoms with Crippen LogP contribution in [0.4, 0.5) is 0 Å². The third-order valence-electron chi connectivity index (χ3n) is 5.51. The third kappa shape index (κ3) is 8.43. The molecule has 5 nitrogen and oxygen atoms in total. The number of nitrogens with zero attached hydrogens (tertiary/aromatic N) is 1. The maximum atomic E-state index is 5.76. The quantitative estimate of drug-likeness (QED) is 0.235. The Balaban J connectivity index is 0.00000312. The van der Waals surface area contributed by atoms with Gasteiger partial charge in [0, 0.05) is 46.3 Å². The van der Waals surface area contributed by atoms with Gasteiger partial charge < -0.3 is 20.1 Å². The number of nitrogens with one attached hydrogen (secondary N) is 2. The fourth-order valence-corrected chi connectivity index (χ4v) is 3.80. The van der Waals surface area contributed by atoms with Crippen LogP contribution in [0.25, 0.3) is 0 Å². The van der Waals surface area contributed by atoms with Crippen molar-refractivity contribution >= 4 is 29.9 Å². The van der Waals surface area contributed by atoms with Crippen molar-refractivity contribution in [2.45, 2.75) is 70.3 Å². The van der Waals surface area contributed by atoms with Gasteiger partial charge in [-0.3, -0.25) is 4.99 Å². The van der Waals surface area contributed by atoms with Crippen molar-refractivity contribution in [2.24, 2.45) is 10.9 Å². The average molecular weight is 467 g/mol. The van der Waals surface area contributed by atoms with Gasteiger partial charge in [-0.25, -0.2) is 0 Å². The Kier molecular flexibility index (Phi) is 12.1. The molecule has 0 spiro atoms. The maximum absolute atomic E-state index is 5.76. The highest BCUT2D eigenvalue weighted by Gasteiger charge is 2.32. The summed E-state index contributed by atoms with van der Waals surface area (Å²) in [6.07, 6.45) is 11.6. The summed E-state index contributed by atoms with van der Waals surface area (Å²) >= 11 is 0. The summed E-state index contributed by atoms with van der Waals surface area (Å²) in [5.74, 6) is 1.92. The van der Waals surface area contributed by atoms with E-state index in [-0.39, 0.29) is 29.6 Å². The second-order valence-corrected chi connectivity index (χ2v) is 7.27. The van der Waals surface area contributed by atoms with Crippen molar-refractivity contribution in [1.29, 1.82) is 0 Å². The Morgan fingerprint density at radius 1 is 1.16 bits per heavy atom. The first kappa shape index (κ1) is 23.0. The molecule has 0 aromatic heterocycles. The van der Waals surface area contributed by atoms with Gasteiger partial charge in [0.1, 0.15) is 0 Å². The molecule has 1 saturated heterocycles. The van der Waals surface area contributed by atoms with Gasteiger partial charge in [0.25, 0.3) is 0 Å². The van der Waals surface area contributed by atoms with E-state index in [1.165, 1.54) is 44.9 Å². The fourth-order valence-electron chi connectivity index (χ4n) is 3.80. The molecule has 6 heteroatoms. The predicted octanol–water partition coefficient (Wildman–Crippen LogP) is 3.72. The van der Waals surface area contributed by atoms with Crippen molar-refractivity contribution in [3.05, 3.63) is 0 Å². The molecule has 25 heavy (non-hydrogen) atoms. The minimum Gasteiger partial charge on any atom is -0.381 e. The summed E-state index contributed by atoms with van der Waals surface area (Å²) in [5.41, 5.74) is -0.150. The van der Waals surface area contributed by atoms with Crippen LogP contribution < -0.4 is 10.6 Å². The molecule has 1 aliphatic heterocycles. The molecule has 2 N–H and O–H groups in total. The number of ether oxygens (including phenoxy) is 2. The second kappa shape index (κ2) is 13.1. The molecular formula is C19H38IN3O2. The maximum Gasteiger partial charge on any atom is 0.191 e. The van der Waals surface area contributed by atoms with Crippen molar-refractivity contribution in [2.75, 3.05) is 40.0 Å². The normalized spacial score (nSPS) is 21.0. The SMILES string of the molecule is CCNC(=NCC1(OC)CCOCC1)NCCCCC1CCCC1.I. The Morgan fingerprint density at radius 3 is 2.52 bits per heavy atom. The zero-order chi connectivity index (χ0) is 17.1. The second-order valence-electron chi connectivity index (χ2n) is 7.27. The number of hydrogen-bond donors (Lipinski definition) is 2. The number of aliphatic imine (C=N–C) groups is 1. The number of methoxy groups -OCH3 is 1. The largest absolute Gasteiger partial charge is 0.381 e.